The standard InChI is InChI=1S/C15H17ClN2O3S/c16-10-6-7-12(11(8-10)14(20)21)17-15(22)18-13(19)9-4-2-1-3-5-9/h6-9H,1-5H2,(H,20,21)(H2,17,18,19,22). The zero-order chi connectivity index (χ0) is 16.1. The van der Waals surface area contributed by atoms with E-state index in [1.165, 1.54) is 18.6 Å². The minimum Gasteiger partial charge on any atom is -0.478 e. The second kappa shape index (κ2) is 7.56. The molecular formula is C15H17ClN2O3S. The van der Waals surface area contributed by atoms with E-state index in [2.05, 4.69) is 10.6 Å². The summed E-state index contributed by atoms with van der Waals surface area (Å²) in [7, 11) is 0. The SMILES string of the molecule is O=C(O)c1cc(Cl)ccc1NC(=S)NC(=O)C1CCCCC1. The number of carboxylic acids is 1. The molecule has 0 radical (unpaired) electrons. The molecule has 1 saturated carbocycles. The molecule has 1 aromatic carbocycles. The van der Waals surface area contributed by atoms with Gasteiger partial charge >= 0.3 is 5.97 Å². The summed E-state index contributed by atoms with van der Waals surface area (Å²) in [5.41, 5.74) is 0.299. The molecule has 0 atom stereocenters. The third-order valence-corrected chi connectivity index (χ3v) is 4.11. The van der Waals surface area contributed by atoms with Gasteiger partial charge in [0, 0.05) is 10.9 Å². The summed E-state index contributed by atoms with van der Waals surface area (Å²) in [4.78, 5) is 23.3. The van der Waals surface area contributed by atoms with Crippen LogP contribution in [0.15, 0.2) is 18.2 Å². The fourth-order valence-electron chi connectivity index (χ4n) is 2.53. The van der Waals surface area contributed by atoms with Crippen molar-refractivity contribution in [2.24, 2.45) is 5.92 Å². The Kier molecular flexibility index (Phi) is 5.74. The number of hydrogen-bond donors (Lipinski definition) is 3. The van der Waals surface area contributed by atoms with Crippen molar-refractivity contribution in [2.45, 2.75) is 32.1 Å². The van der Waals surface area contributed by atoms with E-state index in [1.54, 1.807) is 6.07 Å². The largest absolute Gasteiger partial charge is 0.478 e. The summed E-state index contributed by atoms with van der Waals surface area (Å²) in [6.45, 7) is 0. The Morgan fingerprint density at radius 3 is 2.55 bits per heavy atom. The molecule has 0 unspecified atom stereocenters. The van der Waals surface area contributed by atoms with Crippen LogP contribution in [0.1, 0.15) is 42.5 Å². The molecule has 0 spiro atoms. The van der Waals surface area contributed by atoms with Gasteiger partial charge in [0.1, 0.15) is 0 Å². The molecule has 1 aliphatic carbocycles. The van der Waals surface area contributed by atoms with Gasteiger partial charge in [-0.1, -0.05) is 30.9 Å². The maximum absolute atomic E-state index is 12.1. The van der Waals surface area contributed by atoms with Gasteiger partial charge in [-0.15, -0.1) is 0 Å². The first kappa shape index (κ1) is 16.7. The van der Waals surface area contributed by atoms with E-state index in [9.17, 15) is 9.59 Å². The van der Waals surface area contributed by atoms with Crippen LogP contribution in [0.5, 0.6) is 0 Å². The van der Waals surface area contributed by atoms with Crippen molar-refractivity contribution in [3.8, 4) is 0 Å². The van der Waals surface area contributed by atoms with Gasteiger partial charge in [-0.3, -0.25) is 4.79 Å². The van der Waals surface area contributed by atoms with Crippen LogP contribution in [0.4, 0.5) is 5.69 Å². The normalized spacial score (nSPS) is 15.1. The van der Waals surface area contributed by atoms with Gasteiger partial charge in [0.2, 0.25) is 5.91 Å². The fourth-order valence-corrected chi connectivity index (χ4v) is 2.92. The highest BCUT2D eigenvalue weighted by atomic mass is 35.5. The Hall–Kier alpha value is -1.66. The van der Waals surface area contributed by atoms with Crippen LogP contribution in [-0.4, -0.2) is 22.1 Å². The number of hydrogen-bond acceptors (Lipinski definition) is 3. The fraction of sp³-hybridized carbons (Fsp3) is 0.400. The van der Waals surface area contributed by atoms with Gasteiger partial charge in [0.15, 0.2) is 5.11 Å². The third-order valence-electron chi connectivity index (χ3n) is 3.67. The van der Waals surface area contributed by atoms with E-state index in [4.69, 9.17) is 28.9 Å². The van der Waals surface area contributed by atoms with Crippen molar-refractivity contribution < 1.29 is 14.7 Å². The van der Waals surface area contributed by atoms with Crippen molar-refractivity contribution in [3.05, 3.63) is 28.8 Å². The molecular weight excluding hydrogens is 324 g/mol. The minimum absolute atomic E-state index is 0.00163. The topological polar surface area (TPSA) is 78.4 Å². The lowest BCUT2D eigenvalue weighted by atomic mass is 9.89. The van der Waals surface area contributed by atoms with E-state index >= 15 is 0 Å². The zero-order valence-electron chi connectivity index (χ0n) is 11.9. The minimum atomic E-state index is -1.12. The van der Waals surface area contributed by atoms with Gasteiger partial charge in [-0.2, -0.15) is 0 Å². The molecule has 0 heterocycles. The average Bonchev–Trinajstić information content (AvgIpc) is 2.49. The molecule has 0 aliphatic heterocycles. The van der Waals surface area contributed by atoms with Gasteiger partial charge in [0.25, 0.3) is 0 Å². The number of amides is 1. The summed E-state index contributed by atoms with van der Waals surface area (Å²) in [6, 6.07) is 4.41. The van der Waals surface area contributed by atoms with E-state index < -0.39 is 5.97 Å². The van der Waals surface area contributed by atoms with Crippen LogP contribution >= 0.6 is 23.8 Å². The molecule has 1 aliphatic rings. The van der Waals surface area contributed by atoms with Crippen LogP contribution in [0, 0.1) is 5.92 Å². The van der Waals surface area contributed by atoms with Gasteiger partial charge in [-0.25, -0.2) is 4.79 Å². The molecule has 118 valence electrons. The monoisotopic (exact) mass is 340 g/mol. The molecule has 3 N–H and O–H groups in total. The molecule has 5 nitrogen and oxygen atoms in total. The first-order valence-electron chi connectivity index (χ1n) is 7.12. The molecule has 2 rings (SSSR count). The van der Waals surface area contributed by atoms with Crippen molar-refractivity contribution in [1.29, 1.82) is 0 Å². The highest BCUT2D eigenvalue weighted by molar-refractivity contribution is 7.80. The van der Waals surface area contributed by atoms with Gasteiger partial charge in [0.05, 0.1) is 11.3 Å². The number of aromatic carboxylic acids is 1. The predicted octanol–water partition coefficient (Wildman–Crippen LogP) is 3.43. The van der Waals surface area contributed by atoms with E-state index in [0.29, 0.717) is 10.7 Å². The molecule has 7 heteroatoms. The lowest BCUT2D eigenvalue weighted by Gasteiger charge is -2.21. The number of rotatable bonds is 3. The first-order chi connectivity index (χ1) is 10.5. The summed E-state index contributed by atoms with van der Waals surface area (Å²) in [5.74, 6) is -1.24. The number of carbonyl (C=O) groups excluding carboxylic acids is 1. The number of benzene rings is 1. The molecule has 0 saturated heterocycles. The smallest absolute Gasteiger partial charge is 0.337 e. The second-order valence-corrected chi connectivity index (χ2v) is 6.12. The number of halogens is 1. The molecule has 22 heavy (non-hydrogen) atoms. The molecule has 1 fully saturated rings. The van der Waals surface area contributed by atoms with Crippen molar-refractivity contribution >= 4 is 46.5 Å². The lowest BCUT2D eigenvalue weighted by Crippen LogP contribution is -2.39. The van der Waals surface area contributed by atoms with Gasteiger partial charge in [-0.05, 0) is 43.3 Å². The van der Waals surface area contributed by atoms with E-state index in [1.807, 2.05) is 0 Å². The number of anilines is 1. The first-order valence-corrected chi connectivity index (χ1v) is 7.90. The van der Waals surface area contributed by atoms with Crippen LogP contribution in [0.2, 0.25) is 5.02 Å². The summed E-state index contributed by atoms with van der Waals surface area (Å²) in [5, 5.41) is 15.0. The van der Waals surface area contributed by atoms with Crippen molar-refractivity contribution in [3.63, 3.8) is 0 Å². The van der Waals surface area contributed by atoms with E-state index in [-0.39, 0.29) is 22.5 Å². The summed E-state index contributed by atoms with van der Waals surface area (Å²) >= 11 is 10.9. The molecule has 0 bridgehead atoms. The number of carbonyl (C=O) groups is 2. The number of carboxylic acid groups (broad SMARTS) is 1. The molecule has 1 amide bonds. The Balaban J connectivity index is 2.00. The van der Waals surface area contributed by atoms with Crippen LogP contribution in [0.25, 0.3) is 0 Å². The zero-order valence-corrected chi connectivity index (χ0v) is 13.5. The average molecular weight is 341 g/mol. The maximum Gasteiger partial charge on any atom is 0.337 e. The van der Waals surface area contributed by atoms with Crippen molar-refractivity contribution in [1.82, 2.24) is 5.32 Å². The highest BCUT2D eigenvalue weighted by Crippen LogP contribution is 2.24. The second-order valence-electron chi connectivity index (χ2n) is 5.27. The predicted molar refractivity (Wildman–Crippen MR) is 89.3 cm³/mol. The quantitative estimate of drug-likeness (QED) is 0.735. The Bertz CT molecular complexity index is 600. The van der Waals surface area contributed by atoms with Crippen molar-refractivity contribution in [2.75, 3.05) is 5.32 Å². The number of thiocarbonyl (C=S) groups is 1. The summed E-state index contributed by atoms with van der Waals surface area (Å²) < 4.78 is 0. The maximum atomic E-state index is 12.1. The number of nitrogens with one attached hydrogen (secondary N) is 2. The highest BCUT2D eigenvalue weighted by Gasteiger charge is 2.22. The summed E-state index contributed by atoms with van der Waals surface area (Å²) in [6.07, 6.45) is 5.02. The Morgan fingerprint density at radius 2 is 1.91 bits per heavy atom. The third kappa shape index (κ3) is 4.42. The molecule has 0 aromatic heterocycles. The van der Waals surface area contributed by atoms with Crippen LogP contribution in [-0.2, 0) is 4.79 Å². The lowest BCUT2D eigenvalue weighted by molar-refractivity contribution is -0.124. The van der Waals surface area contributed by atoms with Crippen LogP contribution < -0.4 is 10.6 Å². The Labute approximate surface area is 139 Å². The Morgan fingerprint density at radius 1 is 1.23 bits per heavy atom. The molecule has 1 aromatic rings. The van der Waals surface area contributed by atoms with E-state index in [0.717, 1.165) is 25.7 Å². The van der Waals surface area contributed by atoms with Crippen LogP contribution in [0.3, 0.4) is 0 Å². The van der Waals surface area contributed by atoms with Gasteiger partial charge < -0.3 is 15.7 Å².